The minimum absolute atomic E-state index is 0.766. The van der Waals surface area contributed by atoms with E-state index < -0.39 is 0 Å². The Hall–Kier alpha value is -1.02. The lowest BCUT2D eigenvalue weighted by atomic mass is 10.1. The molecule has 2 heteroatoms. The number of methoxy groups -OCH3 is 1. The van der Waals surface area contributed by atoms with Crippen LogP contribution in [0, 0.1) is 13.5 Å². The van der Waals surface area contributed by atoms with Crippen molar-refractivity contribution in [1.82, 2.24) is 0 Å². The first-order valence-electron chi connectivity index (χ1n) is 3.39. The van der Waals surface area contributed by atoms with Crippen molar-refractivity contribution in [3.8, 4) is 5.75 Å². The predicted molar refractivity (Wildman–Crippen MR) is 43.1 cm³/mol. The number of benzene rings is 1. The molecule has 0 aliphatic carbocycles. The van der Waals surface area contributed by atoms with Crippen LogP contribution in [0.5, 0.6) is 5.75 Å². The summed E-state index contributed by atoms with van der Waals surface area (Å²) in [6.45, 7) is 3.02. The van der Waals surface area contributed by atoms with Crippen LogP contribution >= 0.6 is 0 Å². The van der Waals surface area contributed by atoms with Gasteiger partial charge in [0.2, 0.25) is 0 Å². The van der Waals surface area contributed by atoms with Gasteiger partial charge in [-0.15, -0.1) is 0 Å². The van der Waals surface area contributed by atoms with E-state index in [1.165, 1.54) is 0 Å². The molecule has 0 saturated heterocycles. The molecule has 0 unspecified atom stereocenters. The third-order valence-corrected chi connectivity index (χ3v) is 1.46. The van der Waals surface area contributed by atoms with Crippen molar-refractivity contribution < 1.29 is 9.84 Å². The number of rotatable bonds is 2. The molecular weight excluding hydrogens is 140 g/mol. The summed E-state index contributed by atoms with van der Waals surface area (Å²) in [5.74, 6) is 0.769. The van der Waals surface area contributed by atoms with Crippen molar-refractivity contribution >= 4 is 0 Å². The quantitative estimate of drug-likeness (QED) is 0.699. The van der Waals surface area contributed by atoms with Crippen LogP contribution in [-0.2, 0) is 0 Å². The fraction of sp³-hybridized carbons (Fsp3) is 0.222. The van der Waals surface area contributed by atoms with Gasteiger partial charge in [-0.05, 0) is 30.2 Å². The van der Waals surface area contributed by atoms with E-state index in [-0.39, 0.29) is 0 Å². The highest BCUT2D eigenvalue weighted by molar-refractivity contribution is 5.35. The molecule has 1 radical (unpaired) electrons. The van der Waals surface area contributed by atoms with E-state index in [2.05, 4.69) is 0 Å². The van der Waals surface area contributed by atoms with Crippen LogP contribution in [0.3, 0.4) is 0 Å². The van der Waals surface area contributed by atoms with E-state index in [0.717, 1.165) is 23.5 Å². The van der Waals surface area contributed by atoms with Gasteiger partial charge in [-0.25, -0.2) is 0 Å². The summed E-state index contributed by atoms with van der Waals surface area (Å²) < 4.78 is 5.01. The normalized spacial score (nSPS) is 9.73. The van der Waals surface area contributed by atoms with E-state index in [0.29, 0.717) is 0 Å². The van der Waals surface area contributed by atoms with Gasteiger partial charge in [0.1, 0.15) is 12.4 Å². The smallest absolute Gasteiger partial charge is 0.119 e. The predicted octanol–water partition coefficient (Wildman–Crippen LogP) is 1.89. The zero-order valence-electron chi connectivity index (χ0n) is 6.66. The molecule has 0 amide bonds. The summed E-state index contributed by atoms with van der Waals surface area (Å²) in [5.41, 5.74) is 1.84. The molecule has 1 aromatic carbocycles. The molecule has 0 heterocycles. The van der Waals surface area contributed by atoms with Gasteiger partial charge in [-0.1, -0.05) is 6.07 Å². The van der Waals surface area contributed by atoms with Gasteiger partial charge in [0, 0.05) is 0 Å². The zero-order chi connectivity index (χ0) is 8.27. The third kappa shape index (κ3) is 1.95. The summed E-state index contributed by atoms with van der Waals surface area (Å²) in [4.78, 5) is 0. The molecule has 1 N–H and O–H groups in total. The van der Waals surface area contributed by atoms with Crippen molar-refractivity contribution in [1.29, 1.82) is 0 Å². The van der Waals surface area contributed by atoms with Crippen LogP contribution in [0.1, 0.15) is 11.1 Å². The molecule has 0 atom stereocenters. The first-order valence-corrected chi connectivity index (χ1v) is 3.39. The molecule has 0 aromatic heterocycles. The maximum atomic E-state index is 8.70. The highest BCUT2D eigenvalue weighted by atomic mass is 16.5. The van der Waals surface area contributed by atoms with E-state index >= 15 is 0 Å². The largest absolute Gasteiger partial charge is 0.497 e. The second-order valence-corrected chi connectivity index (χ2v) is 2.41. The van der Waals surface area contributed by atoms with Crippen LogP contribution < -0.4 is 4.74 Å². The molecule has 0 fully saturated rings. The van der Waals surface area contributed by atoms with Gasteiger partial charge in [-0.2, -0.15) is 0 Å². The average Bonchev–Trinajstić information content (AvgIpc) is 2.03. The fourth-order valence-corrected chi connectivity index (χ4v) is 0.969. The van der Waals surface area contributed by atoms with Gasteiger partial charge >= 0.3 is 0 Å². The molecule has 0 aliphatic heterocycles. The van der Waals surface area contributed by atoms with Crippen molar-refractivity contribution in [3.63, 3.8) is 0 Å². The van der Waals surface area contributed by atoms with Crippen molar-refractivity contribution in [2.24, 2.45) is 0 Å². The average molecular weight is 151 g/mol. The summed E-state index contributed by atoms with van der Waals surface area (Å²) in [6.07, 6.45) is 0. The Morgan fingerprint density at radius 3 is 2.64 bits per heavy atom. The second kappa shape index (κ2) is 3.39. The Balaban J connectivity index is 3.02. The van der Waals surface area contributed by atoms with Crippen LogP contribution in [0.4, 0.5) is 0 Å². The molecule has 1 aromatic rings. The lowest BCUT2D eigenvalue weighted by molar-refractivity contribution is 0.404. The standard InChI is InChI=1S/C9H11O2/c1-7-3-8(6-10)5-9(4-7)11-2/h3-6,10H,1-2H3. The van der Waals surface area contributed by atoms with Crippen LogP contribution in [0.2, 0.25) is 0 Å². The minimum Gasteiger partial charge on any atom is -0.497 e. The van der Waals surface area contributed by atoms with Gasteiger partial charge in [0.15, 0.2) is 0 Å². The van der Waals surface area contributed by atoms with Gasteiger partial charge < -0.3 is 9.84 Å². The number of hydrogen-bond donors (Lipinski definition) is 1. The minimum atomic E-state index is 0.766. The number of aliphatic hydroxyl groups excluding tert-OH is 1. The zero-order valence-corrected chi connectivity index (χ0v) is 6.66. The molecule has 0 spiro atoms. The SMILES string of the molecule is COc1cc(C)cc([CH]O)c1. The highest BCUT2D eigenvalue weighted by Crippen LogP contribution is 2.16. The summed E-state index contributed by atoms with van der Waals surface area (Å²) in [6, 6.07) is 5.56. The maximum absolute atomic E-state index is 8.70. The van der Waals surface area contributed by atoms with E-state index in [1.807, 2.05) is 19.1 Å². The Morgan fingerprint density at radius 2 is 2.09 bits per heavy atom. The number of aryl methyl sites for hydroxylation is 1. The Kier molecular flexibility index (Phi) is 2.49. The van der Waals surface area contributed by atoms with Crippen molar-refractivity contribution in [2.75, 3.05) is 7.11 Å². The van der Waals surface area contributed by atoms with E-state index in [4.69, 9.17) is 9.84 Å². The Labute approximate surface area is 66.4 Å². The van der Waals surface area contributed by atoms with E-state index in [9.17, 15) is 0 Å². The molecule has 1 rings (SSSR count). The number of hydrogen-bond acceptors (Lipinski definition) is 2. The van der Waals surface area contributed by atoms with E-state index in [1.54, 1.807) is 13.2 Å². The van der Waals surface area contributed by atoms with Crippen LogP contribution in [0.25, 0.3) is 0 Å². The maximum Gasteiger partial charge on any atom is 0.119 e. The van der Waals surface area contributed by atoms with Crippen LogP contribution in [0.15, 0.2) is 18.2 Å². The van der Waals surface area contributed by atoms with Gasteiger partial charge in [0.25, 0.3) is 0 Å². The van der Waals surface area contributed by atoms with Gasteiger partial charge in [0.05, 0.1) is 7.11 Å². The topological polar surface area (TPSA) is 29.5 Å². The summed E-state index contributed by atoms with van der Waals surface area (Å²) in [5, 5.41) is 8.70. The first kappa shape index (κ1) is 8.08. The molecule has 59 valence electrons. The Bertz CT molecular complexity index is 221. The monoisotopic (exact) mass is 151 g/mol. The second-order valence-electron chi connectivity index (χ2n) is 2.41. The van der Waals surface area contributed by atoms with Crippen LogP contribution in [-0.4, -0.2) is 12.2 Å². The number of ether oxygens (including phenoxy) is 1. The van der Waals surface area contributed by atoms with Crippen molar-refractivity contribution in [2.45, 2.75) is 6.92 Å². The number of aliphatic hydroxyl groups is 1. The molecule has 0 bridgehead atoms. The molecule has 0 aliphatic rings. The van der Waals surface area contributed by atoms with Gasteiger partial charge in [-0.3, -0.25) is 0 Å². The Morgan fingerprint density at radius 1 is 1.36 bits per heavy atom. The highest BCUT2D eigenvalue weighted by Gasteiger charge is 1.96. The molecule has 2 nitrogen and oxygen atoms in total. The lowest BCUT2D eigenvalue weighted by Crippen LogP contribution is -1.87. The molecule has 0 saturated carbocycles. The summed E-state index contributed by atoms with van der Waals surface area (Å²) >= 11 is 0. The molecular formula is C9H11O2. The fourth-order valence-electron chi connectivity index (χ4n) is 0.969. The third-order valence-electron chi connectivity index (χ3n) is 1.46. The van der Waals surface area contributed by atoms with Crippen molar-refractivity contribution in [3.05, 3.63) is 35.9 Å². The lowest BCUT2D eigenvalue weighted by Gasteiger charge is -2.03. The first-order chi connectivity index (χ1) is 5.26. The molecule has 11 heavy (non-hydrogen) atoms. The summed E-state index contributed by atoms with van der Waals surface area (Å²) in [7, 11) is 1.61.